The zero-order valence-corrected chi connectivity index (χ0v) is 12.3. The molecule has 1 aliphatic rings. The second kappa shape index (κ2) is 4.89. The van der Waals surface area contributed by atoms with Crippen molar-refractivity contribution < 1.29 is 0 Å². The van der Waals surface area contributed by atoms with Crippen molar-refractivity contribution in [2.45, 2.75) is 19.8 Å². The zero-order chi connectivity index (χ0) is 14.2. The van der Waals surface area contributed by atoms with Gasteiger partial charge in [0.15, 0.2) is 0 Å². The normalized spacial score (nSPS) is 13.4. The Balaban J connectivity index is 2.04. The van der Waals surface area contributed by atoms with Gasteiger partial charge in [0.2, 0.25) is 0 Å². The van der Waals surface area contributed by atoms with Crippen molar-refractivity contribution in [1.82, 2.24) is 0 Å². The molecule has 0 spiro atoms. The van der Waals surface area contributed by atoms with Crippen LogP contribution in [-0.4, -0.2) is 0 Å². The Kier molecular flexibility index (Phi) is 2.89. The van der Waals surface area contributed by atoms with Gasteiger partial charge in [0.25, 0.3) is 0 Å². The van der Waals surface area contributed by atoms with Gasteiger partial charge in [-0.3, -0.25) is 0 Å². The van der Waals surface area contributed by atoms with E-state index in [-0.39, 0.29) is 0 Å². The number of hydrogen-bond donors (Lipinski definition) is 0. The Morgan fingerprint density at radius 3 is 2.52 bits per heavy atom. The molecule has 0 aliphatic heterocycles. The number of fused-ring (bicyclic) bond motifs is 2. The number of rotatable bonds is 1. The van der Waals surface area contributed by atoms with Crippen LogP contribution in [0.1, 0.15) is 23.1 Å². The monoisotopic (exact) mass is 270 g/mol. The number of benzene rings is 3. The summed E-state index contributed by atoms with van der Waals surface area (Å²) in [6, 6.07) is 19.9. The zero-order valence-electron chi connectivity index (χ0n) is 12.3. The standard InChI is InChI=1S/C21H18/c1-15-13-14-21(19-11-5-4-9-17(15)19)20-12-6-8-16-7-2-3-10-18(16)20/h2,4-9,11-14H,3,10H2,1H3. The van der Waals surface area contributed by atoms with Gasteiger partial charge in [0, 0.05) is 0 Å². The second-order valence-electron chi connectivity index (χ2n) is 5.79. The molecule has 0 heterocycles. The third-order valence-corrected chi connectivity index (χ3v) is 4.50. The van der Waals surface area contributed by atoms with Crippen molar-refractivity contribution in [2.24, 2.45) is 0 Å². The Morgan fingerprint density at radius 1 is 0.762 bits per heavy atom. The van der Waals surface area contributed by atoms with Crippen LogP contribution >= 0.6 is 0 Å². The molecule has 0 unspecified atom stereocenters. The van der Waals surface area contributed by atoms with Crippen molar-refractivity contribution in [2.75, 3.05) is 0 Å². The van der Waals surface area contributed by atoms with Crippen LogP contribution in [0.4, 0.5) is 0 Å². The first-order valence-corrected chi connectivity index (χ1v) is 7.62. The molecule has 0 bridgehead atoms. The first kappa shape index (κ1) is 12.4. The molecule has 3 aromatic rings. The molecule has 21 heavy (non-hydrogen) atoms. The average molecular weight is 270 g/mol. The van der Waals surface area contributed by atoms with Crippen LogP contribution in [0.15, 0.2) is 60.7 Å². The molecule has 0 saturated heterocycles. The lowest BCUT2D eigenvalue weighted by molar-refractivity contribution is 0.988. The lowest BCUT2D eigenvalue weighted by atomic mass is 9.87. The molecule has 0 amide bonds. The van der Waals surface area contributed by atoms with Crippen molar-refractivity contribution in [3.63, 3.8) is 0 Å². The summed E-state index contributed by atoms with van der Waals surface area (Å²) in [4.78, 5) is 0. The highest BCUT2D eigenvalue weighted by molar-refractivity contribution is 5.99. The maximum absolute atomic E-state index is 2.28. The fraction of sp³-hybridized carbons (Fsp3) is 0.143. The minimum absolute atomic E-state index is 1.14. The highest BCUT2D eigenvalue weighted by Gasteiger charge is 2.13. The minimum Gasteiger partial charge on any atom is -0.0836 e. The van der Waals surface area contributed by atoms with Crippen molar-refractivity contribution in [3.05, 3.63) is 77.4 Å². The summed E-state index contributed by atoms with van der Waals surface area (Å²) >= 11 is 0. The predicted octanol–water partition coefficient (Wildman–Crippen LogP) is 5.77. The van der Waals surface area contributed by atoms with E-state index in [1.807, 2.05) is 0 Å². The average Bonchev–Trinajstić information content (AvgIpc) is 2.55. The molecule has 0 radical (unpaired) electrons. The molecule has 1 aliphatic carbocycles. The van der Waals surface area contributed by atoms with Crippen molar-refractivity contribution in [1.29, 1.82) is 0 Å². The molecule has 0 nitrogen and oxygen atoms in total. The number of hydrogen-bond acceptors (Lipinski definition) is 0. The van der Waals surface area contributed by atoms with E-state index in [2.05, 4.69) is 73.7 Å². The summed E-state index contributed by atoms with van der Waals surface area (Å²) in [5, 5.41) is 2.72. The molecule has 0 aromatic heterocycles. The van der Waals surface area contributed by atoms with E-state index >= 15 is 0 Å². The lowest BCUT2D eigenvalue weighted by Gasteiger charge is -2.17. The van der Waals surface area contributed by atoms with Crippen LogP contribution in [0.25, 0.3) is 28.0 Å². The Hall–Kier alpha value is -2.34. The van der Waals surface area contributed by atoms with Gasteiger partial charge in [0.05, 0.1) is 0 Å². The van der Waals surface area contributed by atoms with Gasteiger partial charge >= 0.3 is 0 Å². The highest BCUT2D eigenvalue weighted by Crippen LogP contribution is 2.35. The summed E-state index contributed by atoms with van der Waals surface area (Å²) in [7, 11) is 0. The molecule has 3 aromatic carbocycles. The maximum Gasteiger partial charge on any atom is -0.0102 e. The maximum atomic E-state index is 2.28. The van der Waals surface area contributed by atoms with Crippen LogP contribution in [0.3, 0.4) is 0 Å². The predicted molar refractivity (Wildman–Crippen MR) is 91.5 cm³/mol. The molecular formula is C21H18. The molecule has 0 N–H and O–H groups in total. The molecule has 0 atom stereocenters. The first-order chi connectivity index (χ1) is 10.3. The molecule has 4 rings (SSSR count). The summed E-state index contributed by atoms with van der Waals surface area (Å²) in [6.45, 7) is 2.19. The molecule has 0 fully saturated rings. The topological polar surface area (TPSA) is 0 Å². The van der Waals surface area contributed by atoms with Gasteiger partial charge in [-0.2, -0.15) is 0 Å². The third-order valence-electron chi connectivity index (χ3n) is 4.50. The summed E-state index contributed by atoms with van der Waals surface area (Å²) in [5.41, 5.74) is 6.98. The van der Waals surface area contributed by atoms with Crippen LogP contribution < -0.4 is 0 Å². The Bertz CT molecular complexity index is 853. The van der Waals surface area contributed by atoms with E-state index in [9.17, 15) is 0 Å². The third kappa shape index (κ3) is 1.99. The second-order valence-corrected chi connectivity index (χ2v) is 5.79. The molecule has 0 saturated carbocycles. The van der Waals surface area contributed by atoms with Crippen LogP contribution in [0.5, 0.6) is 0 Å². The number of allylic oxidation sites excluding steroid dienone is 1. The van der Waals surface area contributed by atoms with Gasteiger partial charge in [-0.25, -0.2) is 0 Å². The van der Waals surface area contributed by atoms with Crippen LogP contribution in [0.2, 0.25) is 0 Å². The summed E-state index contributed by atoms with van der Waals surface area (Å²) < 4.78 is 0. The van der Waals surface area contributed by atoms with E-state index in [4.69, 9.17) is 0 Å². The summed E-state index contributed by atoms with van der Waals surface area (Å²) in [6.07, 6.45) is 6.83. The van der Waals surface area contributed by atoms with Gasteiger partial charge < -0.3 is 0 Å². The minimum atomic E-state index is 1.14. The van der Waals surface area contributed by atoms with Crippen LogP contribution in [-0.2, 0) is 6.42 Å². The van der Waals surface area contributed by atoms with E-state index in [1.165, 1.54) is 38.6 Å². The van der Waals surface area contributed by atoms with Gasteiger partial charge in [0.1, 0.15) is 0 Å². The fourth-order valence-electron chi connectivity index (χ4n) is 3.41. The smallest absolute Gasteiger partial charge is 0.0102 e. The quantitative estimate of drug-likeness (QED) is 0.526. The highest BCUT2D eigenvalue weighted by atomic mass is 14.2. The van der Waals surface area contributed by atoms with E-state index in [0.29, 0.717) is 0 Å². The molecule has 0 heteroatoms. The van der Waals surface area contributed by atoms with Gasteiger partial charge in [-0.15, -0.1) is 0 Å². The molecule has 102 valence electrons. The van der Waals surface area contributed by atoms with E-state index in [1.54, 1.807) is 0 Å². The largest absolute Gasteiger partial charge is 0.0836 e. The van der Waals surface area contributed by atoms with Crippen molar-refractivity contribution >= 4 is 16.8 Å². The first-order valence-electron chi connectivity index (χ1n) is 7.62. The van der Waals surface area contributed by atoms with E-state index < -0.39 is 0 Å². The van der Waals surface area contributed by atoms with E-state index in [0.717, 1.165) is 12.8 Å². The fourth-order valence-corrected chi connectivity index (χ4v) is 3.41. The summed E-state index contributed by atoms with van der Waals surface area (Å²) in [5.74, 6) is 0. The van der Waals surface area contributed by atoms with Gasteiger partial charge in [-0.1, -0.05) is 66.7 Å². The Labute approximate surface area is 125 Å². The molecular weight excluding hydrogens is 252 g/mol. The van der Waals surface area contributed by atoms with Gasteiger partial charge in [-0.05, 0) is 58.4 Å². The lowest BCUT2D eigenvalue weighted by Crippen LogP contribution is -1.97. The Morgan fingerprint density at radius 2 is 1.62 bits per heavy atom. The van der Waals surface area contributed by atoms with Crippen LogP contribution in [0, 0.1) is 6.92 Å². The van der Waals surface area contributed by atoms with Crippen molar-refractivity contribution in [3.8, 4) is 11.1 Å². The number of aryl methyl sites for hydroxylation is 1. The SMILES string of the molecule is Cc1ccc(-c2cccc3c2CCC=C3)c2ccccc12.